The van der Waals surface area contributed by atoms with Crippen LogP contribution >= 0.6 is 0 Å². The molecule has 0 aliphatic carbocycles. The normalized spacial score (nSPS) is 12.1. The number of nitrogens with one attached hydrogen (secondary N) is 3. The Hall–Kier alpha value is -7.32. The number of hydrogen-bond acceptors (Lipinski definition) is 13. The number of carbonyl (C=O) groups excluding carboxylic acids is 6. The molecule has 19 nitrogen and oxygen atoms in total. The van der Waals surface area contributed by atoms with Crippen LogP contribution in [0.15, 0.2) is 134 Å². The number of amides is 5. The molecule has 73 heavy (non-hydrogen) atoms. The SMILES string of the molecule is Cc1ccnc(-c2cc(CC(=O)CCCC(=O)NC(CS(C)(=O)=O)C(=O)NCCCCC(=O)NCCOCCN3C(=O)C=CC3=O)ccn2)c1.[Ir].[c-]1ccccc1-n1cccn1.[c-]1ccccc1-n1cccn1. The molecule has 1 radical (unpaired) electrons. The van der Waals surface area contributed by atoms with Crippen LogP contribution in [0.3, 0.4) is 0 Å². The molecule has 1 aliphatic rings. The molecule has 387 valence electrons. The van der Waals surface area contributed by atoms with Gasteiger partial charge in [-0.05, 0) is 85.1 Å². The van der Waals surface area contributed by atoms with E-state index in [1.807, 2.05) is 92.1 Å². The zero-order valence-corrected chi connectivity index (χ0v) is 43.7. The van der Waals surface area contributed by atoms with Crippen molar-refractivity contribution in [3.05, 3.63) is 158 Å². The van der Waals surface area contributed by atoms with Crippen LogP contribution in [0.5, 0.6) is 0 Å². The number of aryl methyl sites for hydroxylation is 1. The van der Waals surface area contributed by atoms with Gasteiger partial charge >= 0.3 is 0 Å². The number of aromatic nitrogens is 6. The van der Waals surface area contributed by atoms with Crippen LogP contribution in [0.1, 0.15) is 49.7 Å². The van der Waals surface area contributed by atoms with Gasteiger partial charge in [0.15, 0.2) is 0 Å². The summed E-state index contributed by atoms with van der Waals surface area (Å²) in [5, 5.41) is 15.9. The Morgan fingerprint density at radius 3 is 1.89 bits per heavy atom. The Morgan fingerprint density at radius 2 is 1.32 bits per heavy atom. The zero-order valence-electron chi connectivity index (χ0n) is 40.5. The van der Waals surface area contributed by atoms with Gasteiger partial charge in [-0.15, -0.1) is 12.1 Å². The van der Waals surface area contributed by atoms with Gasteiger partial charge in [0.05, 0.1) is 36.9 Å². The topological polar surface area (TPSA) is 247 Å². The van der Waals surface area contributed by atoms with Crippen molar-refractivity contribution in [3.8, 4) is 22.8 Å². The molecule has 1 aliphatic heterocycles. The maximum atomic E-state index is 12.7. The molecule has 2 aromatic carbocycles. The number of para-hydroxylation sites is 2. The summed E-state index contributed by atoms with van der Waals surface area (Å²) < 4.78 is 32.8. The van der Waals surface area contributed by atoms with Crippen molar-refractivity contribution in [2.24, 2.45) is 0 Å². The molecule has 6 aromatic rings. The van der Waals surface area contributed by atoms with Crippen molar-refractivity contribution in [1.29, 1.82) is 0 Å². The summed E-state index contributed by atoms with van der Waals surface area (Å²) in [5.74, 6) is -2.87. The summed E-state index contributed by atoms with van der Waals surface area (Å²) in [6.45, 7) is 2.84. The molecule has 3 N–H and O–H groups in total. The van der Waals surface area contributed by atoms with Crippen LogP contribution in [0.25, 0.3) is 22.8 Å². The van der Waals surface area contributed by atoms with E-state index in [0.29, 0.717) is 24.2 Å². The summed E-state index contributed by atoms with van der Waals surface area (Å²) in [6.07, 6.45) is 15.5. The molecular weight excluding hydrogens is 1130 g/mol. The molecule has 4 aromatic heterocycles. The third-order valence-corrected chi connectivity index (χ3v) is 11.3. The Bertz CT molecular complexity index is 2730. The minimum absolute atomic E-state index is 0. The van der Waals surface area contributed by atoms with Crippen LogP contribution in [0.2, 0.25) is 0 Å². The van der Waals surface area contributed by atoms with Crippen LogP contribution < -0.4 is 16.0 Å². The molecule has 1 atom stereocenters. The molecule has 5 amide bonds. The molecule has 0 spiro atoms. The quantitative estimate of drug-likeness (QED) is 0.0442. The zero-order chi connectivity index (χ0) is 51.6. The van der Waals surface area contributed by atoms with E-state index >= 15 is 0 Å². The summed E-state index contributed by atoms with van der Waals surface area (Å²) in [6, 6.07) is 31.4. The molecule has 7 rings (SSSR count). The molecule has 0 fully saturated rings. The van der Waals surface area contributed by atoms with Gasteiger partial charge in [-0.25, -0.2) is 8.42 Å². The van der Waals surface area contributed by atoms with Gasteiger partial charge < -0.3 is 20.7 Å². The maximum Gasteiger partial charge on any atom is 0.253 e. The van der Waals surface area contributed by atoms with Gasteiger partial charge in [0.1, 0.15) is 21.7 Å². The number of ether oxygens (including phenoxy) is 1. The number of nitrogens with zero attached hydrogens (tertiary/aromatic N) is 7. The average molecular weight is 1190 g/mol. The molecule has 21 heteroatoms. The standard InChI is InChI=1S/C34H44N6O9S.2C9H7N2.Ir/c1-24-11-14-35-27(20-24)28-22-25(12-15-36-28)21-26(41)6-5-8-31(43)39-29(23-50(2,47)48)34(46)38-13-4-3-7-30(42)37-16-18-49-19-17-40-32(44)9-10-33(40)45;2*1-2-5-9(6-3-1)11-8-4-7-10-11;/h9-12,14-15,20,22,29H,3-8,13,16-19,21,23H2,1-2H3,(H,37,42)(H,38,46)(H,39,43);2*1-5,7-8H;/q;2*-1;. The number of unbranched alkanes of at least 4 members (excludes halogenated alkanes) is 1. The third-order valence-electron chi connectivity index (χ3n) is 10.3. The number of sulfone groups is 1. The van der Waals surface area contributed by atoms with E-state index < -0.39 is 33.4 Å². The van der Waals surface area contributed by atoms with Gasteiger partial charge in [0.25, 0.3) is 11.8 Å². The van der Waals surface area contributed by atoms with Gasteiger partial charge in [-0.3, -0.25) is 53.0 Å². The van der Waals surface area contributed by atoms with Gasteiger partial charge in [-0.2, -0.15) is 58.7 Å². The number of hydrogen-bond donors (Lipinski definition) is 3. The van der Waals surface area contributed by atoms with Crippen molar-refractivity contribution < 1.29 is 62.0 Å². The van der Waals surface area contributed by atoms with E-state index in [9.17, 15) is 37.2 Å². The number of carbonyl (C=O) groups is 6. The molecule has 0 bridgehead atoms. The first kappa shape index (κ1) is 58.3. The maximum absolute atomic E-state index is 12.7. The fraction of sp³-hybridized carbons (Fsp3) is 0.308. The van der Waals surface area contributed by atoms with E-state index in [4.69, 9.17) is 4.74 Å². The van der Waals surface area contributed by atoms with Crippen LogP contribution in [-0.2, 0) is 69.9 Å². The summed E-state index contributed by atoms with van der Waals surface area (Å²) >= 11 is 0. The molecule has 0 saturated heterocycles. The van der Waals surface area contributed by atoms with E-state index in [0.717, 1.165) is 33.7 Å². The monoisotopic (exact) mass is 1190 g/mol. The number of Topliss-reactive ketones (excluding diaryl/α,β-unsaturated/α-hetero) is 1. The van der Waals surface area contributed by atoms with Crippen LogP contribution in [-0.4, -0.2) is 129 Å². The van der Waals surface area contributed by atoms with E-state index in [2.05, 4.69) is 48.2 Å². The Balaban J connectivity index is 0.000000402. The summed E-state index contributed by atoms with van der Waals surface area (Å²) in [5.41, 5.74) is 5.10. The predicted molar refractivity (Wildman–Crippen MR) is 268 cm³/mol. The van der Waals surface area contributed by atoms with Crippen molar-refractivity contribution in [3.63, 3.8) is 0 Å². The van der Waals surface area contributed by atoms with E-state index in [1.165, 1.54) is 12.2 Å². The number of ketones is 1. The van der Waals surface area contributed by atoms with Crippen molar-refractivity contribution in [1.82, 2.24) is 50.4 Å². The second kappa shape index (κ2) is 31.2. The molecular formula is C52H58IrN10O9S-2. The number of rotatable bonds is 24. The van der Waals surface area contributed by atoms with Crippen molar-refractivity contribution in [2.45, 2.75) is 57.9 Å². The summed E-state index contributed by atoms with van der Waals surface area (Å²) in [4.78, 5) is 82.7. The fourth-order valence-electron chi connectivity index (χ4n) is 6.80. The number of pyridine rings is 2. The van der Waals surface area contributed by atoms with Crippen LogP contribution in [0, 0.1) is 19.1 Å². The Kier molecular flexibility index (Phi) is 24.9. The minimum atomic E-state index is -3.62. The minimum Gasteiger partial charge on any atom is -0.378 e. The first-order valence-corrected chi connectivity index (χ1v) is 25.3. The smallest absolute Gasteiger partial charge is 0.253 e. The Morgan fingerprint density at radius 1 is 0.699 bits per heavy atom. The van der Waals surface area contributed by atoms with E-state index in [1.54, 1.807) is 46.3 Å². The second-order valence-electron chi connectivity index (χ2n) is 16.3. The number of imide groups is 1. The molecule has 1 unspecified atom stereocenters. The first-order valence-electron chi connectivity index (χ1n) is 23.2. The second-order valence-corrected chi connectivity index (χ2v) is 18.5. The predicted octanol–water partition coefficient (Wildman–Crippen LogP) is 3.95. The van der Waals surface area contributed by atoms with Gasteiger partial charge in [-0.1, -0.05) is 0 Å². The first-order chi connectivity index (χ1) is 34.7. The third kappa shape index (κ3) is 21.9. The van der Waals surface area contributed by atoms with Crippen LogP contribution in [0.4, 0.5) is 0 Å². The molecule has 5 heterocycles. The Labute approximate surface area is 438 Å². The number of benzene rings is 2. The van der Waals surface area contributed by atoms with Crippen molar-refractivity contribution in [2.75, 3.05) is 44.9 Å². The van der Waals surface area contributed by atoms with Crippen molar-refractivity contribution >= 4 is 45.2 Å². The van der Waals surface area contributed by atoms with Gasteiger partial charge in [0, 0.05) is 114 Å². The largest absolute Gasteiger partial charge is 0.378 e. The molecule has 0 saturated carbocycles. The fourth-order valence-corrected chi connectivity index (χ4v) is 7.64. The summed E-state index contributed by atoms with van der Waals surface area (Å²) in [7, 11) is -3.62. The average Bonchev–Trinajstić information content (AvgIpc) is 4.18. The van der Waals surface area contributed by atoms with Gasteiger partial charge in [0.2, 0.25) is 17.7 Å². The van der Waals surface area contributed by atoms with E-state index in [-0.39, 0.29) is 109 Å².